The van der Waals surface area contributed by atoms with E-state index in [4.69, 9.17) is 0 Å². The maximum absolute atomic E-state index is 2.33. The second-order valence-corrected chi connectivity index (χ2v) is 5.30. The molecule has 1 aliphatic carbocycles. The summed E-state index contributed by atoms with van der Waals surface area (Å²) >= 11 is 0. The second-order valence-electron chi connectivity index (χ2n) is 5.30. The summed E-state index contributed by atoms with van der Waals surface area (Å²) < 4.78 is 0. The fraction of sp³-hybridized carbons (Fsp3) is 0.200. The molecule has 0 nitrogen and oxygen atoms in total. The number of hydrogen-bond donors (Lipinski definition) is 0. The van der Waals surface area contributed by atoms with E-state index < -0.39 is 0 Å². The van der Waals surface area contributed by atoms with Crippen molar-refractivity contribution in [2.24, 2.45) is 0 Å². The number of aryl methyl sites for hydroxylation is 1. The molecule has 2 aromatic carbocycles. The normalized spacial score (nSPS) is 14.7. The molecular weight excluding hydrogens is 240 g/mol. The summed E-state index contributed by atoms with van der Waals surface area (Å²) in [7, 11) is 0. The van der Waals surface area contributed by atoms with E-state index in [1.807, 2.05) is 0 Å². The molecule has 0 heteroatoms. The molecular formula is C20H20. The van der Waals surface area contributed by atoms with Crippen molar-refractivity contribution in [2.75, 3.05) is 0 Å². The summed E-state index contributed by atoms with van der Waals surface area (Å²) in [6.07, 6.45) is 7.94. The smallest absolute Gasteiger partial charge is 0.0222 e. The van der Waals surface area contributed by atoms with Crippen LogP contribution in [0.5, 0.6) is 0 Å². The predicted octanol–water partition coefficient (Wildman–Crippen LogP) is 5.51. The molecule has 0 amide bonds. The zero-order chi connectivity index (χ0) is 13.8. The molecule has 2 aromatic rings. The first-order chi connectivity index (χ1) is 9.86. The molecule has 0 aromatic heterocycles. The summed E-state index contributed by atoms with van der Waals surface area (Å²) in [5.41, 5.74) is 7.06. The second kappa shape index (κ2) is 5.92. The van der Waals surface area contributed by atoms with E-state index in [9.17, 15) is 0 Å². The molecule has 0 spiro atoms. The van der Waals surface area contributed by atoms with E-state index in [1.165, 1.54) is 27.8 Å². The van der Waals surface area contributed by atoms with E-state index >= 15 is 0 Å². The van der Waals surface area contributed by atoms with Gasteiger partial charge < -0.3 is 0 Å². The molecule has 3 rings (SSSR count). The van der Waals surface area contributed by atoms with Gasteiger partial charge in [0, 0.05) is 0 Å². The molecule has 100 valence electrons. The lowest BCUT2D eigenvalue weighted by Gasteiger charge is -2.16. The highest BCUT2D eigenvalue weighted by Gasteiger charge is 2.09. The van der Waals surface area contributed by atoms with Crippen LogP contribution in [0.25, 0.3) is 11.1 Å². The molecule has 0 bridgehead atoms. The largest absolute Gasteiger partial charge is 0.0622 e. The van der Waals surface area contributed by atoms with Gasteiger partial charge in [0.05, 0.1) is 0 Å². The van der Waals surface area contributed by atoms with Gasteiger partial charge in [0.2, 0.25) is 0 Å². The number of hydrogen-bond acceptors (Lipinski definition) is 0. The van der Waals surface area contributed by atoms with Gasteiger partial charge in [0.15, 0.2) is 0 Å². The molecule has 0 fully saturated rings. The zero-order valence-electron chi connectivity index (χ0n) is 12.0. The Balaban J connectivity index is 1.87. The minimum Gasteiger partial charge on any atom is -0.0622 e. The first-order valence-corrected chi connectivity index (χ1v) is 7.41. The lowest BCUT2D eigenvalue weighted by molar-refractivity contribution is 1.07. The summed E-state index contributed by atoms with van der Waals surface area (Å²) in [6.45, 7) is 2.21. The fourth-order valence-corrected chi connectivity index (χ4v) is 2.76. The highest BCUT2D eigenvalue weighted by molar-refractivity contribution is 5.78. The molecule has 0 aliphatic heterocycles. The average Bonchev–Trinajstić information content (AvgIpc) is 2.56. The molecule has 0 saturated heterocycles. The maximum Gasteiger partial charge on any atom is -0.0222 e. The standard InChI is InChI=1S/C20H20/c1-2-16-7-6-10-20(15-16)19-13-11-18(12-14-19)17-8-4-3-5-9-17/h3-11,13,15H,2,12,14H2,1H3. The third-order valence-electron chi connectivity index (χ3n) is 4.00. The Bertz CT molecular complexity index is 645. The molecule has 0 saturated carbocycles. The minimum absolute atomic E-state index is 1.10. The minimum atomic E-state index is 1.10. The van der Waals surface area contributed by atoms with E-state index in [0.29, 0.717) is 0 Å². The summed E-state index contributed by atoms with van der Waals surface area (Å²) in [6, 6.07) is 19.6. The molecule has 20 heavy (non-hydrogen) atoms. The van der Waals surface area contributed by atoms with Crippen molar-refractivity contribution in [3.63, 3.8) is 0 Å². The molecule has 0 radical (unpaired) electrons. The van der Waals surface area contributed by atoms with Crippen molar-refractivity contribution in [3.05, 3.63) is 83.4 Å². The van der Waals surface area contributed by atoms with Crippen molar-refractivity contribution in [3.8, 4) is 0 Å². The van der Waals surface area contributed by atoms with Crippen molar-refractivity contribution in [1.82, 2.24) is 0 Å². The van der Waals surface area contributed by atoms with Gasteiger partial charge in [0.1, 0.15) is 0 Å². The van der Waals surface area contributed by atoms with Gasteiger partial charge in [-0.05, 0) is 47.1 Å². The first-order valence-electron chi connectivity index (χ1n) is 7.41. The van der Waals surface area contributed by atoms with Crippen LogP contribution in [0.15, 0.2) is 66.7 Å². The first kappa shape index (κ1) is 12.9. The van der Waals surface area contributed by atoms with Crippen molar-refractivity contribution < 1.29 is 0 Å². The lowest BCUT2D eigenvalue weighted by atomic mass is 9.89. The van der Waals surface area contributed by atoms with Crippen molar-refractivity contribution >= 4 is 11.1 Å². The highest BCUT2D eigenvalue weighted by Crippen LogP contribution is 2.31. The van der Waals surface area contributed by atoms with Crippen LogP contribution >= 0.6 is 0 Å². The van der Waals surface area contributed by atoms with Gasteiger partial charge in [-0.1, -0.05) is 73.7 Å². The van der Waals surface area contributed by atoms with Crippen molar-refractivity contribution in [2.45, 2.75) is 26.2 Å². The Kier molecular flexibility index (Phi) is 3.83. The van der Waals surface area contributed by atoms with Crippen LogP contribution in [0, 0.1) is 0 Å². The zero-order valence-corrected chi connectivity index (χ0v) is 12.0. The number of allylic oxidation sites excluding steroid dienone is 4. The summed E-state index contributed by atoms with van der Waals surface area (Å²) in [5, 5.41) is 0. The molecule has 1 aliphatic rings. The SMILES string of the molecule is CCc1cccc(C2=CC=C(c3ccccc3)CC2)c1. The van der Waals surface area contributed by atoms with Crippen LogP contribution in [0.2, 0.25) is 0 Å². The molecule has 0 atom stereocenters. The monoisotopic (exact) mass is 260 g/mol. The number of rotatable bonds is 3. The van der Waals surface area contributed by atoms with Crippen LogP contribution in [0.1, 0.15) is 36.5 Å². The van der Waals surface area contributed by atoms with Crippen LogP contribution in [0.3, 0.4) is 0 Å². The van der Waals surface area contributed by atoms with Gasteiger partial charge in [-0.25, -0.2) is 0 Å². The quantitative estimate of drug-likeness (QED) is 0.682. The Morgan fingerprint density at radius 3 is 2.05 bits per heavy atom. The van der Waals surface area contributed by atoms with Crippen LogP contribution in [-0.4, -0.2) is 0 Å². The third-order valence-corrected chi connectivity index (χ3v) is 4.00. The Labute approximate surface area is 121 Å². The van der Waals surface area contributed by atoms with Gasteiger partial charge in [0.25, 0.3) is 0 Å². The van der Waals surface area contributed by atoms with Gasteiger partial charge >= 0.3 is 0 Å². The van der Waals surface area contributed by atoms with Gasteiger partial charge in [-0.3, -0.25) is 0 Å². The summed E-state index contributed by atoms with van der Waals surface area (Å²) in [4.78, 5) is 0. The predicted molar refractivity (Wildman–Crippen MR) is 87.5 cm³/mol. The van der Waals surface area contributed by atoms with Crippen LogP contribution in [-0.2, 0) is 6.42 Å². The topological polar surface area (TPSA) is 0 Å². The highest BCUT2D eigenvalue weighted by atomic mass is 14.1. The van der Waals surface area contributed by atoms with Crippen molar-refractivity contribution in [1.29, 1.82) is 0 Å². The number of benzene rings is 2. The average molecular weight is 260 g/mol. The van der Waals surface area contributed by atoms with Gasteiger partial charge in [-0.2, -0.15) is 0 Å². The third kappa shape index (κ3) is 2.75. The maximum atomic E-state index is 2.33. The summed E-state index contributed by atoms with van der Waals surface area (Å²) in [5.74, 6) is 0. The van der Waals surface area contributed by atoms with E-state index in [-0.39, 0.29) is 0 Å². The Hall–Kier alpha value is -2.08. The van der Waals surface area contributed by atoms with E-state index in [1.54, 1.807) is 0 Å². The molecule has 0 heterocycles. The lowest BCUT2D eigenvalue weighted by Crippen LogP contribution is -1.94. The van der Waals surface area contributed by atoms with Crippen LogP contribution < -0.4 is 0 Å². The Morgan fingerprint density at radius 2 is 1.40 bits per heavy atom. The van der Waals surface area contributed by atoms with Crippen LogP contribution in [0.4, 0.5) is 0 Å². The fourth-order valence-electron chi connectivity index (χ4n) is 2.76. The molecule has 0 unspecified atom stereocenters. The van der Waals surface area contributed by atoms with Gasteiger partial charge in [-0.15, -0.1) is 0 Å². The van der Waals surface area contributed by atoms with E-state index in [0.717, 1.165) is 19.3 Å². The van der Waals surface area contributed by atoms with E-state index in [2.05, 4.69) is 73.7 Å². The Morgan fingerprint density at radius 1 is 0.750 bits per heavy atom. The molecule has 0 N–H and O–H groups in total.